The second-order valence-electron chi connectivity index (χ2n) is 4.68. The number of ether oxygens (including phenoxy) is 1. The number of halogens is 1. The van der Waals surface area contributed by atoms with Crippen LogP contribution in [0.4, 0.5) is 4.39 Å². The van der Waals surface area contributed by atoms with Crippen LogP contribution in [-0.2, 0) is 4.74 Å². The van der Waals surface area contributed by atoms with Crippen molar-refractivity contribution in [3.05, 3.63) is 35.6 Å². The molecule has 1 aromatic rings. The van der Waals surface area contributed by atoms with Gasteiger partial charge in [0.05, 0.1) is 18.2 Å². The van der Waals surface area contributed by atoms with Crippen molar-refractivity contribution in [2.75, 3.05) is 13.2 Å². The Morgan fingerprint density at radius 3 is 2.81 bits per heavy atom. The lowest BCUT2D eigenvalue weighted by molar-refractivity contribution is -0.146. The van der Waals surface area contributed by atoms with Crippen LogP contribution in [0.15, 0.2) is 24.3 Å². The van der Waals surface area contributed by atoms with Crippen LogP contribution in [0.25, 0.3) is 0 Å². The molecular weight excluding hydrogens is 205 g/mol. The lowest BCUT2D eigenvalue weighted by atomic mass is 9.71. The fourth-order valence-corrected chi connectivity index (χ4v) is 2.79. The van der Waals surface area contributed by atoms with E-state index in [1.807, 2.05) is 12.1 Å². The highest BCUT2D eigenvalue weighted by Crippen LogP contribution is 2.46. The average molecular weight is 221 g/mol. The predicted octanol–water partition coefficient (Wildman–Crippen LogP) is 2.41. The summed E-state index contributed by atoms with van der Waals surface area (Å²) >= 11 is 0. The SMILES string of the molecule is Fc1ccccc1C1NCCOC12CCC2. The smallest absolute Gasteiger partial charge is 0.128 e. The van der Waals surface area contributed by atoms with E-state index in [1.165, 1.54) is 12.5 Å². The summed E-state index contributed by atoms with van der Waals surface area (Å²) in [5, 5.41) is 3.40. The second kappa shape index (κ2) is 3.82. The summed E-state index contributed by atoms with van der Waals surface area (Å²) in [6.45, 7) is 1.55. The van der Waals surface area contributed by atoms with Crippen molar-refractivity contribution in [3.63, 3.8) is 0 Å². The standard InChI is InChI=1S/C13H16FNO/c14-11-5-2-1-4-10(11)12-13(6-3-7-13)16-9-8-15-12/h1-2,4-5,12,15H,3,6-9H2. The zero-order valence-corrected chi connectivity index (χ0v) is 9.21. The molecule has 2 fully saturated rings. The van der Waals surface area contributed by atoms with E-state index in [-0.39, 0.29) is 17.5 Å². The molecule has 2 aliphatic rings. The number of rotatable bonds is 1. The van der Waals surface area contributed by atoms with Gasteiger partial charge in [0.15, 0.2) is 0 Å². The highest BCUT2D eigenvalue weighted by molar-refractivity contribution is 5.26. The number of hydrogen-bond acceptors (Lipinski definition) is 2. The first-order valence-electron chi connectivity index (χ1n) is 5.94. The molecule has 3 rings (SSSR count). The normalized spacial score (nSPS) is 27.7. The van der Waals surface area contributed by atoms with Gasteiger partial charge in [-0.25, -0.2) is 4.39 Å². The first-order valence-corrected chi connectivity index (χ1v) is 5.94. The highest BCUT2D eigenvalue weighted by Gasteiger charge is 2.48. The van der Waals surface area contributed by atoms with Crippen LogP contribution in [0.5, 0.6) is 0 Å². The summed E-state index contributed by atoms with van der Waals surface area (Å²) < 4.78 is 19.7. The molecule has 1 unspecified atom stereocenters. The second-order valence-corrected chi connectivity index (χ2v) is 4.68. The topological polar surface area (TPSA) is 21.3 Å². The Morgan fingerprint density at radius 1 is 1.31 bits per heavy atom. The third-order valence-corrected chi connectivity index (χ3v) is 3.78. The summed E-state index contributed by atoms with van der Waals surface area (Å²) in [5.74, 6) is -0.128. The van der Waals surface area contributed by atoms with Gasteiger partial charge in [-0.15, -0.1) is 0 Å². The van der Waals surface area contributed by atoms with Crippen LogP contribution in [-0.4, -0.2) is 18.8 Å². The summed E-state index contributed by atoms with van der Waals surface area (Å²) in [6, 6.07) is 7.03. The molecule has 0 amide bonds. The van der Waals surface area contributed by atoms with Crippen LogP contribution in [0, 0.1) is 5.82 Å². The molecule has 0 bridgehead atoms. The molecule has 1 heterocycles. The number of benzene rings is 1. The van der Waals surface area contributed by atoms with E-state index in [1.54, 1.807) is 6.07 Å². The molecule has 1 aliphatic heterocycles. The maximum Gasteiger partial charge on any atom is 0.128 e. The van der Waals surface area contributed by atoms with Gasteiger partial charge < -0.3 is 10.1 Å². The van der Waals surface area contributed by atoms with Gasteiger partial charge in [-0.1, -0.05) is 18.2 Å². The van der Waals surface area contributed by atoms with Gasteiger partial charge in [0, 0.05) is 12.1 Å². The summed E-state index contributed by atoms with van der Waals surface area (Å²) in [6.07, 6.45) is 3.27. The summed E-state index contributed by atoms with van der Waals surface area (Å²) in [4.78, 5) is 0. The van der Waals surface area contributed by atoms with Gasteiger partial charge in [0.25, 0.3) is 0 Å². The first kappa shape index (κ1) is 10.2. The molecule has 1 aliphatic carbocycles. The van der Waals surface area contributed by atoms with E-state index in [2.05, 4.69) is 5.32 Å². The Bertz CT molecular complexity index is 389. The van der Waals surface area contributed by atoms with Gasteiger partial charge in [0.1, 0.15) is 5.82 Å². The van der Waals surface area contributed by atoms with Gasteiger partial charge in [-0.3, -0.25) is 0 Å². The number of hydrogen-bond donors (Lipinski definition) is 1. The van der Waals surface area contributed by atoms with Crippen molar-refractivity contribution in [1.29, 1.82) is 0 Å². The van der Waals surface area contributed by atoms with Gasteiger partial charge in [0.2, 0.25) is 0 Å². The lowest BCUT2D eigenvalue weighted by Gasteiger charge is -2.50. The quantitative estimate of drug-likeness (QED) is 0.786. The molecule has 1 saturated heterocycles. The molecule has 16 heavy (non-hydrogen) atoms. The van der Waals surface area contributed by atoms with Crippen molar-refractivity contribution in [3.8, 4) is 0 Å². The molecule has 1 spiro atoms. The average Bonchev–Trinajstić information content (AvgIpc) is 2.28. The monoisotopic (exact) mass is 221 g/mol. The Kier molecular flexibility index (Phi) is 2.45. The Labute approximate surface area is 94.8 Å². The van der Waals surface area contributed by atoms with Crippen LogP contribution < -0.4 is 5.32 Å². The van der Waals surface area contributed by atoms with Crippen molar-refractivity contribution in [2.24, 2.45) is 0 Å². The maximum atomic E-state index is 13.8. The molecule has 1 saturated carbocycles. The Balaban J connectivity index is 1.95. The van der Waals surface area contributed by atoms with E-state index in [0.717, 1.165) is 31.6 Å². The number of morpholine rings is 1. The molecule has 1 atom stereocenters. The zero-order chi connectivity index (χ0) is 11.0. The van der Waals surface area contributed by atoms with Gasteiger partial charge in [-0.2, -0.15) is 0 Å². The Morgan fingerprint density at radius 2 is 2.12 bits per heavy atom. The van der Waals surface area contributed by atoms with Crippen molar-refractivity contribution in [1.82, 2.24) is 5.32 Å². The molecule has 1 N–H and O–H groups in total. The van der Waals surface area contributed by atoms with Crippen molar-refractivity contribution >= 4 is 0 Å². The van der Waals surface area contributed by atoms with Crippen molar-refractivity contribution in [2.45, 2.75) is 30.9 Å². The molecule has 3 heteroatoms. The molecule has 86 valence electrons. The molecule has 1 aromatic carbocycles. The summed E-state index contributed by atoms with van der Waals surface area (Å²) in [5.41, 5.74) is 0.613. The maximum absolute atomic E-state index is 13.8. The fraction of sp³-hybridized carbons (Fsp3) is 0.538. The van der Waals surface area contributed by atoms with Gasteiger partial charge in [-0.05, 0) is 25.3 Å². The molecular formula is C13H16FNO. The van der Waals surface area contributed by atoms with E-state index < -0.39 is 0 Å². The third-order valence-electron chi connectivity index (χ3n) is 3.78. The van der Waals surface area contributed by atoms with E-state index in [9.17, 15) is 4.39 Å². The molecule has 0 radical (unpaired) electrons. The first-order chi connectivity index (χ1) is 7.82. The minimum atomic E-state index is -0.138. The predicted molar refractivity (Wildman–Crippen MR) is 59.7 cm³/mol. The third kappa shape index (κ3) is 1.46. The summed E-state index contributed by atoms with van der Waals surface area (Å²) in [7, 11) is 0. The largest absolute Gasteiger partial charge is 0.372 e. The van der Waals surface area contributed by atoms with Crippen LogP contribution in [0.1, 0.15) is 30.9 Å². The lowest BCUT2D eigenvalue weighted by Crippen LogP contribution is -2.56. The van der Waals surface area contributed by atoms with E-state index in [0.29, 0.717) is 0 Å². The van der Waals surface area contributed by atoms with Crippen molar-refractivity contribution < 1.29 is 9.13 Å². The van der Waals surface area contributed by atoms with Crippen LogP contribution >= 0.6 is 0 Å². The minimum absolute atomic E-state index is 0.0243. The van der Waals surface area contributed by atoms with E-state index in [4.69, 9.17) is 4.74 Å². The Hall–Kier alpha value is -0.930. The molecule has 2 nitrogen and oxygen atoms in total. The van der Waals surface area contributed by atoms with E-state index >= 15 is 0 Å². The zero-order valence-electron chi connectivity index (χ0n) is 9.21. The highest BCUT2D eigenvalue weighted by atomic mass is 19.1. The fourth-order valence-electron chi connectivity index (χ4n) is 2.79. The van der Waals surface area contributed by atoms with Crippen LogP contribution in [0.2, 0.25) is 0 Å². The van der Waals surface area contributed by atoms with Gasteiger partial charge >= 0.3 is 0 Å². The number of nitrogens with one attached hydrogen (secondary N) is 1. The van der Waals surface area contributed by atoms with Crippen LogP contribution in [0.3, 0.4) is 0 Å². The minimum Gasteiger partial charge on any atom is -0.372 e. The molecule has 0 aromatic heterocycles.